The highest BCUT2D eigenvalue weighted by molar-refractivity contribution is 7.89. The van der Waals surface area contributed by atoms with Crippen LogP contribution >= 0.6 is 0 Å². The molecule has 2 atom stereocenters. The standard InChI is InChI=1S/C25H35FN2O5S/c26-20-12-14-21(15-13-20)34(31,32)28-24-17-16-23(27-33-18-19-8-4-3-5-9-19)22(24)10-6-1-2-7-11-25(29)30/h1,6,12-15,19,22,24,28H,2-5,7-11,16-18H2,(H,29,30)/b6-1-,27-23+/t22-,24-/m0/s1. The Balaban J connectivity index is 1.65. The lowest BCUT2D eigenvalue weighted by atomic mass is 9.90. The number of hydrogen-bond donors (Lipinski definition) is 2. The highest BCUT2D eigenvalue weighted by Gasteiger charge is 2.36. The molecule has 2 aliphatic rings. The zero-order chi connectivity index (χ0) is 24.4. The number of benzene rings is 1. The largest absolute Gasteiger partial charge is 0.481 e. The van der Waals surface area contributed by atoms with Gasteiger partial charge in [0.1, 0.15) is 12.4 Å². The minimum absolute atomic E-state index is 0.0239. The molecule has 188 valence electrons. The first kappa shape index (κ1) is 26.3. The maximum atomic E-state index is 13.2. The zero-order valence-corrected chi connectivity index (χ0v) is 20.3. The van der Waals surface area contributed by atoms with E-state index in [2.05, 4.69) is 9.88 Å². The van der Waals surface area contributed by atoms with Gasteiger partial charge in [-0.25, -0.2) is 17.5 Å². The number of nitrogens with zero attached hydrogens (tertiary/aromatic N) is 1. The zero-order valence-electron chi connectivity index (χ0n) is 19.5. The topological polar surface area (TPSA) is 105 Å². The molecular weight excluding hydrogens is 459 g/mol. The Kier molecular flexibility index (Phi) is 10.1. The van der Waals surface area contributed by atoms with Gasteiger partial charge in [-0.2, -0.15) is 0 Å². The molecule has 9 heteroatoms. The van der Waals surface area contributed by atoms with E-state index < -0.39 is 21.8 Å². The van der Waals surface area contributed by atoms with E-state index in [9.17, 15) is 17.6 Å². The van der Waals surface area contributed by atoms with Crippen molar-refractivity contribution in [1.82, 2.24) is 4.72 Å². The molecule has 2 aliphatic carbocycles. The molecule has 0 unspecified atom stereocenters. The van der Waals surface area contributed by atoms with E-state index in [0.29, 0.717) is 44.6 Å². The predicted octanol–water partition coefficient (Wildman–Crippen LogP) is 5.04. The molecular formula is C25H35FN2O5S. The quantitative estimate of drug-likeness (QED) is 0.241. The minimum atomic E-state index is -3.81. The van der Waals surface area contributed by atoms with Gasteiger partial charge < -0.3 is 9.94 Å². The van der Waals surface area contributed by atoms with Crippen LogP contribution in [0.2, 0.25) is 0 Å². The highest BCUT2D eigenvalue weighted by Crippen LogP contribution is 2.30. The van der Waals surface area contributed by atoms with Crippen LogP contribution < -0.4 is 4.72 Å². The normalized spacial score (nSPS) is 23.0. The number of rotatable bonds is 12. The van der Waals surface area contributed by atoms with Crippen LogP contribution in [0.3, 0.4) is 0 Å². The van der Waals surface area contributed by atoms with Crippen molar-refractivity contribution < 1.29 is 27.5 Å². The highest BCUT2D eigenvalue weighted by atomic mass is 32.2. The maximum Gasteiger partial charge on any atom is 0.303 e. The number of sulfonamides is 1. The molecule has 0 aliphatic heterocycles. The molecule has 3 rings (SSSR count). The van der Waals surface area contributed by atoms with Crippen LogP contribution in [0.4, 0.5) is 4.39 Å². The number of aliphatic carboxylic acids is 1. The number of allylic oxidation sites excluding steroid dienone is 2. The Bertz CT molecular complexity index is 956. The average molecular weight is 495 g/mol. The smallest absolute Gasteiger partial charge is 0.303 e. The van der Waals surface area contributed by atoms with Crippen LogP contribution in [-0.4, -0.2) is 37.9 Å². The third-order valence-corrected chi connectivity index (χ3v) is 8.10. The molecule has 7 nitrogen and oxygen atoms in total. The summed E-state index contributed by atoms with van der Waals surface area (Å²) in [4.78, 5) is 16.4. The second kappa shape index (κ2) is 13.0. The van der Waals surface area contributed by atoms with Gasteiger partial charge in [-0.3, -0.25) is 4.79 Å². The number of unbranched alkanes of at least 4 members (excludes halogenated alkanes) is 1. The molecule has 0 spiro atoms. The fourth-order valence-corrected chi connectivity index (χ4v) is 5.98. The molecule has 0 radical (unpaired) electrons. The number of carboxylic acids is 1. The summed E-state index contributed by atoms with van der Waals surface area (Å²) in [6.45, 7) is 0.590. The van der Waals surface area contributed by atoms with E-state index in [1.54, 1.807) is 0 Å². The lowest BCUT2D eigenvalue weighted by Gasteiger charge is -2.21. The lowest BCUT2D eigenvalue weighted by Crippen LogP contribution is -2.38. The van der Waals surface area contributed by atoms with Crippen molar-refractivity contribution >= 4 is 21.7 Å². The molecule has 0 bridgehead atoms. The van der Waals surface area contributed by atoms with Gasteiger partial charge in [0.15, 0.2) is 0 Å². The Labute approximate surface area is 201 Å². The molecule has 1 aromatic rings. The van der Waals surface area contributed by atoms with Gasteiger partial charge in [-0.15, -0.1) is 0 Å². The third kappa shape index (κ3) is 8.20. The number of nitrogens with one attached hydrogen (secondary N) is 1. The monoisotopic (exact) mass is 494 g/mol. The van der Waals surface area contributed by atoms with Crippen molar-refractivity contribution in [3.8, 4) is 0 Å². The van der Waals surface area contributed by atoms with Crippen LogP contribution in [0.25, 0.3) is 0 Å². The fourth-order valence-electron chi connectivity index (χ4n) is 4.67. The van der Waals surface area contributed by atoms with Crippen molar-refractivity contribution in [2.75, 3.05) is 6.61 Å². The Morgan fingerprint density at radius 3 is 2.59 bits per heavy atom. The summed E-state index contributed by atoms with van der Waals surface area (Å²) >= 11 is 0. The summed E-state index contributed by atoms with van der Waals surface area (Å²) in [5.41, 5.74) is 0.845. The second-order valence-electron chi connectivity index (χ2n) is 9.20. The number of carbonyl (C=O) groups is 1. The molecule has 0 aromatic heterocycles. The summed E-state index contributed by atoms with van der Waals surface area (Å²) in [7, 11) is -3.81. The lowest BCUT2D eigenvalue weighted by molar-refractivity contribution is -0.137. The Morgan fingerprint density at radius 2 is 1.88 bits per heavy atom. The van der Waals surface area contributed by atoms with E-state index in [0.717, 1.165) is 30.7 Å². The third-order valence-electron chi connectivity index (χ3n) is 6.59. The van der Waals surface area contributed by atoms with Gasteiger partial charge in [-0.1, -0.05) is 36.6 Å². The van der Waals surface area contributed by atoms with Gasteiger partial charge >= 0.3 is 5.97 Å². The molecule has 0 heterocycles. The van der Waals surface area contributed by atoms with Crippen molar-refractivity contribution in [1.29, 1.82) is 0 Å². The predicted molar refractivity (Wildman–Crippen MR) is 128 cm³/mol. The van der Waals surface area contributed by atoms with E-state index >= 15 is 0 Å². The molecule has 1 aromatic carbocycles. The molecule has 2 saturated carbocycles. The van der Waals surface area contributed by atoms with Crippen LogP contribution in [0.5, 0.6) is 0 Å². The first-order chi connectivity index (χ1) is 16.3. The number of carboxylic acid groups (broad SMARTS) is 1. The van der Waals surface area contributed by atoms with Crippen LogP contribution in [0.1, 0.15) is 70.6 Å². The van der Waals surface area contributed by atoms with Crippen molar-refractivity contribution in [2.45, 2.75) is 81.6 Å². The van der Waals surface area contributed by atoms with Crippen molar-refractivity contribution in [3.63, 3.8) is 0 Å². The van der Waals surface area contributed by atoms with Crippen LogP contribution in [-0.2, 0) is 19.7 Å². The Hall–Kier alpha value is -2.26. The maximum absolute atomic E-state index is 13.2. The minimum Gasteiger partial charge on any atom is -0.481 e. The van der Waals surface area contributed by atoms with Crippen molar-refractivity contribution in [2.24, 2.45) is 17.0 Å². The number of oxime groups is 1. The fraction of sp³-hybridized carbons (Fsp3) is 0.600. The van der Waals surface area contributed by atoms with E-state index in [4.69, 9.17) is 9.94 Å². The summed E-state index contributed by atoms with van der Waals surface area (Å²) < 4.78 is 41.8. The molecule has 2 N–H and O–H groups in total. The van der Waals surface area contributed by atoms with E-state index in [-0.39, 0.29) is 23.3 Å². The molecule has 0 amide bonds. The van der Waals surface area contributed by atoms with Gasteiger partial charge in [0.05, 0.1) is 10.6 Å². The molecule has 0 saturated heterocycles. The van der Waals surface area contributed by atoms with Gasteiger partial charge in [0.2, 0.25) is 10.0 Å². The SMILES string of the molecule is O=C(O)CCC/C=C\C[C@H]1/C(=N/OCC2CCCCC2)CC[C@@H]1NS(=O)(=O)c1ccc(F)cc1. The number of halogens is 1. The van der Waals surface area contributed by atoms with Crippen LogP contribution in [0, 0.1) is 17.7 Å². The molecule has 2 fully saturated rings. The number of hydrogen-bond acceptors (Lipinski definition) is 5. The van der Waals surface area contributed by atoms with Gasteiger partial charge in [0, 0.05) is 18.4 Å². The average Bonchev–Trinajstić information content (AvgIpc) is 3.17. The van der Waals surface area contributed by atoms with Crippen LogP contribution in [0.15, 0.2) is 46.5 Å². The van der Waals surface area contributed by atoms with E-state index in [1.165, 1.54) is 31.4 Å². The summed E-state index contributed by atoms with van der Waals surface area (Å²) in [6, 6.07) is 4.42. The summed E-state index contributed by atoms with van der Waals surface area (Å²) in [5.74, 6) is -0.934. The second-order valence-corrected chi connectivity index (χ2v) is 10.9. The summed E-state index contributed by atoms with van der Waals surface area (Å²) in [6.07, 6.45) is 13.1. The Morgan fingerprint density at radius 1 is 1.15 bits per heavy atom. The van der Waals surface area contributed by atoms with Gasteiger partial charge in [-0.05, 0) is 75.1 Å². The van der Waals surface area contributed by atoms with E-state index in [1.807, 2.05) is 12.2 Å². The first-order valence-electron chi connectivity index (χ1n) is 12.2. The molecule has 34 heavy (non-hydrogen) atoms. The van der Waals surface area contributed by atoms with Gasteiger partial charge in [0.25, 0.3) is 0 Å². The summed E-state index contributed by atoms with van der Waals surface area (Å²) in [5, 5.41) is 13.2. The first-order valence-corrected chi connectivity index (χ1v) is 13.7. The van der Waals surface area contributed by atoms with Crippen molar-refractivity contribution in [3.05, 3.63) is 42.2 Å².